The van der Waals surface area contributed by atoms with Crippen LogP contribution < -0.4 is 15.2 Å². The number of aromatic nitrogens is 3. The molecule has 172 valence electrons. The van der Waals surface area contributed by atoms with Crippen LogP contribution in [0.25, 0.3) is 11.1 Å². The number of nitrogens with one attached hydrogen (secondary N) is 2. The Kier molecular flexibility index (Phi) is 5.57. The number of fused-ring (bicyclic) bond motifs is 1. The van der Waals surface area contributed by atoms with E-state index < -0.39 is 21.4 Å². The fourth-order valence-corrected chi connectivity index (χ4v) is 4.21. The molecule has 0 aliphatic carbocycles. The Labute approximate surface area is 191 Å². The first-order valence-corrected chi connectivity index (χ1v) is 12.3. The Bertz CT molecular complexity index is 1390. The second-order valence-corrected chi connectivity index (χ2v) is 10.8. The summed E-state index contributed by atoms with van der Waals surface area (Å²) in [7, 11) is -3.72. The monoisotopic (exact) mass is 467 g/mol. The molecule has 0 fully saturated rings. The third-order valence-corrected chi connectivity index (χ3v) is 6.04. The molecular weight excluding hydrogens is 442 g/mol. The largest absolute Gasteiger partial charge is 0.308 e. The van der Waals surface area contributed by atoms with Crippen LogP contribution in [0.5, 0.6) is 0 Å². The van der Waals surface area contributed by atoms with Crippen molar-refractivity contribution in [2.75, 3.05) is 22.4 Å². The van der Waals surface area contributed by atoms with Crippen LogP contribution in [0.3, 0.4) is 0 Å². The van der Waals surface area contributed by atoms with Crippen LogP contribution in [-0.2, 0) is 21.9 Å². The average Bonchev–Trinajstić information content (AvgIpc) is 2.74. The topological polar surface area (TPSA) is 125 Å². The van der Waals surface area contributed by atoms with Crippen LogP contribution in [0.2, 0.25) is 0 Å². The number of carbonyl (C=O) groups is 1. The molecule has 2 heterocycles. The van der Waals surface area contributed by atoms with E-state index in [0.29, 0.717) is 18.5 Å². The summed E-state index contributed by atoms with van der Waals surface area (Å²) < 4.78 is 25.0. The summed E-state index contributed by atoms with van der Waals surface area (Å²) in [6, 6.07) is 14.1. The first-order chi connectivity index (χ1) is 15.4. The van der Waals surface area contributed by atoms with Gasteiger partial charge in [0.25, 0.3) is 11.9 Å². The highest BCUT2D eigenvalue weighted by Crippen LogP contribution is 2.30. The zero-order chi connectivity index (χ0) is 24.0. The van der Waals surface area contributed by atoms with E-state index in [-0.39, 0.29) is 17.3 Å². The van der Waals surface area contributed by atoms with Gasteiger partial charge in [0.15, 0.2) is 0 Å². The summed E-state index contributed by atoms with van der Waals surface area (Å²) in [5.74, 6) is -0.823. The Hall–Kier alpha value is -3.53. The predicted octanol–water partition coefficient (Wildman–Crippen LogP) is 2.70. The molecule has 1 amide bonds. The van der Waals surface area contributed by atoms with Crippen LogP contribution in [0.4, 0.5) is 11.8 Å². The molecule has 0 radical (unpaired) electrons. The van der Waals surface area contributed by atoms with Gasteiger partial charge < -0.3 is 0 Å². The number of nitrogens with zero attached hydrogens (tertiary/aromatic N) is 3. The van der Waals surface area contributed by atoms with Gasteiger partial charge in [0, 0.05) is 12.1 Å². The molecule has 0 saturated heterocycles. The molecule has 2 N–H and O–H groups in total. The lowest BCUT2D eigenvalue weighted by Crippen LogP contribution is -2.39. The highest BCUT2D eigenvalue weighted by molar-refractivity contribution is 7.92. The Morgan fingerprint density at radius 2 is 1.70 bits per heavy atom. The minimum atomic E-state index is -3.72. The van der Waals surface area contributed by atoms with Crippen LogP contribution in [0.15, 0.2) is 47.3 Å². The van der Waals surface area contributed by atoms with E-state index in [1.54, 1.807) is 6.07 Å². The fraction of sp³-hybridized carbons (Fsp3) is 0.304. The normalized spacial score (nSPS) is 14.2. The van der Waals surface area contributed by atoms with Crippen molar-refractivity contribution in [2.45, 2.75) is 32.6 Å². The molecule has 0 bridgehead atoms. The summed E-state index contributed by atoms with van der Waals surface area (Å²) in [6.45, 7) is 6.81. The molecule has 3 aromatic rings. The van der Waals surface area contributed by atoms with Crippen LogP contribution in [0, 0.1) is 0 Å². The van der Waals surface area contributed by atoms with Crippen molar-refractivity contribution in [2.24, 2.45) is 0 Å². The number of sulfonamides is 1. The number of benzene rings is 2. The number of anilines is 2. The lowest BCUT2D eigenvalue weighted by molar-refractivity contribution is 0.0978. The molecule has 1 aliphatic heterocycles. The van der Waals surface area contributed by atoms with Gasteiger partial charge in [0.05, 0.1) is 6.26 Å². The van der Waals surface area contributed by atoms with E-state index in [4.69, 9.17) is 0 Å². The molecule has 0 atom stereocenters. The number of hydrogen-bond acceptors (Lipinski definition) is 6. The minimum Gasteiger partial charge on any atom is -0.275 e. The van der Waals surface area contributed by atoms with Crippen molar-refractivity contribution in [3.05, 3.63) is 69.5 Å². The van der Waals surface area contributed by atoms with Gasteiger partial charge in [-0.15, -0.1) is 5.10 Å². The Morgan fingerprint density at radius 3 is 2.33 bits per heavy atom. The molecule has 0 saturated carbocycles. The zero-order valence-corrected chi connectivity index (χ0v) is 19.7. The summed E-state index contributed by atoms with van der Waals surface area (Å²) in [6.07, 6.45) is 1.47. The van der Waals surface area contributed by atoms with Crippen molar-refractivity contribution < 1.29 is 13.2 Å². The van der Waals surface area contributed by atoms with Gasteiger partial charge >= 0.3 is 5.56 Å². The summed E-state index contributed by atoms with van der Waals surface area (Å²) in [5.41, 5.74) is 4.05. The Morgan fingerprint density at radius 1 is 1.03 bits per heavy atom. The van der Waals surface area contributed by atoms with E-state index in [0.717, 1.165) is 22.9 Å². The van der Waals surface area contributed by atoms with E-state index in [9.17, 15) is 18.0 Å². The van der Waals surface area contributed by atoms with Gasteiger partial charge in [-0.2, -0.15) is 4.98 Å². The molecule has 2 aromatic carbocycles. The maximum Gasteiger partial charge on any atom is 0.308 e. The van der Waals surface area contributed by atoms with Crippen LogP contribution >= 0.6 is 0 Å². The predicted molar refractivity (Wildman–Crippen MR) is 127 cm³/mol. The van der Waals surface area contributed by atoms with Gasteiger partial charge in [-0.3, -0.25) is 19.2 Å². The number of aromatic amines is 1. The van der Waals surface area contributed by atoms with E-state index in [1.165, 1.54) is 10.5 Å². The maximum atomic E-state index is 13.1. The molecule has 0 unspecified atom stereocenters. The van der Waals surface area contributed by atoms with Crippen molar-refractivity contribution in [3.63, 3.8) is 0 Å². The average molecular weight is 468 g/mol. The standard InChI is InChI=1S/C23H25N5O4S/c1-23(2,3)17-8-5-14(6-9-17)15-7-10-18-16(13-15)11-12-28(21(18)30)22-24-19(20(29)25-26-22)27-33(4,31)32/h5-10,13H,11-12H2,1-4H3,(H,25,29)(H,24,26,27). The molecule has 10 heteroatoms. The smallest absolute Gasteiger partial charge is 0.275 e. The summed E-state index contributed by atoms with van der Waals surface area (Å²) in [4.78, 5) is 30.2. The number of amides is 1. The summed E-state index contributed by atoms with van der Waals surface area (Å²) >= 11 is 0. The second-order valence-electron chi connectivity index (χ2n) is 9.09. The number of H-pyrrole nitrogens is 1. The SMILES string of the molecule is CC(C)(C)c1ccc(-c2ccc3c(c2)CCN(c2n[nH]c(=O)c(NS(C)(=O)=O)n2)C3=O)cc1. The van der Waals surface area contributed by atoms with Crippen molar-refractivity contribution >= 4 is 27.7 Å². The Balaban J connectivity index is 1.62. The zero-order valence-electron chi connectivity index (χ0n) is 18.8. The lowest BCUT2D eigenvalue weighted by atomic mass is 9.86. The first kappa shape index (κ1) is 22.7. The second kappa shape index (κ2) is 8.11. The highest BCUT2D eigenvalue weighted by atomic mass is 32.2. The highest BCUT2D eigenvalue weighted by Gasteiger charge is 2.28. The van der Waals surface area contributed by atoms with Gasteiger partial charge in [0.2, 0.25) is 15.8 Å². The molecule has 33 heavy (non-hydrogen) atoms. The lowest BCUT2D eigenvalue weighted by Gasteiger charge is -2.27. The van der Waals surface area contributed by atoms with Gasteiger partial charge in [-0.25, -0.2) is 13.5 Å². The molecule has 1 aliphatic rings. The van der Waals surface area contributed by atoms with Crippen molar-refractivity contribution in [1.82, 2.24) is 15.2 Å². The molecule has 9 nitrogen and oxygen atoms in total. The van der Waals surface area contributed by atoms with Crippen molar-refractivity contribution in [3.8, 4) is 11.1 Å². The van der Waals surface area contributed by atoms with E-state index in [2.05, 4.69) is 60.2 Å². The molecule has 0 spiro atoms. The molecular formula is C23H25N5O4S. The van der Waals surface area contributed by atoms with Gasteiger partial charge in [0.1, 0.15) is 0 Å². The van der Waals surface area contributed by atoms with Crippen LogP contribution in [0.1, 0.15) is 42.3 Å². The molecule has 1 aromatic heterocycles. The molecule has 4 rings (SSSR count). The quantitative estimate of drug-likeness (QED) is 0.608. The minimum absolute atomic E-state index is 0.0711. The first-order valence-electron chi connectivity index (χ1n) is 10.4. The third kappa shape index (κ3) is 4.80. The van der Waals surface area contributed by atoms with E-state index in [1.807, 2.05) is 16.9 Å². The van der Waals surface area contributed by atoms with Crippen LogP contribution in [-0.4, -0.2) is 42.3 Å². The summed E-state index contributed by atoms with van der Waals surface area (Å²) in [5, 5.41) is 6.02. The van der Waals surface area contributed by atoms with Gasteiger partial charge in [-0.05, 0) is 40.2 Å². The number of carbonyl (C=O) groups excluding carboxylic acids is 1. The van der Waals surface area contributed by atoms with E-state index >= 15 is 0 Å². The maximum absolute atomic E-state index is 13.1. The fourth-order valence-electron chi connectivity index (χ4n) is 3.72. The number of hydrogen-bond donors (Lipinski definition) is 2. The number of rotatable bonds is 4. The van der Waals surface area contributed by atoms with Crippen molar-refractivity contribution in [1.29, 1.82) is 0 Å². The van der Waals surface area contributed by atoms with Gasteiger partial charge in [-0.1, -0.05) is 57.2 Å². The third-order valence-electron chi connectivity index (χ3n) is 5.48.